The molecule has 0 radical (unpaired) electrons. The number of benzene rings is 1. The summed E-state index contributed by atoms with van der Waals surface area (Å²) in [6.45, 7) is 18.1. The summed E-state index contributed by atoms with van der Waals surface area (Å²) in [6.07, 6.45) is 0.285. The summed E-state index contributed by atoms with van der Waals surface area (Å²) in [5, 5.41) is 0. The number of ether oxygens (including phenoxy) is 1. The molecule has 18 heavy (non-hydrogen) atoms. The van der Waals surface area contributed by atoms with E-state index in [1.807, 2.05) is 0 Å². The average molecular weight is 246 g/mol. The number of hydrogen-bond acceptors (Lipinski definition) is 1. The van der Waals surface area contributed by atoms with Gasteiger partial charge in [-0.25, -0.2) is 0 Å². The van der Waals surface area contributed by atoms with Gasteiger partial charge in [-0.05, 0) is 62.3 Å². The van der Waals surface area contributed by atoms with Gasteiger partial charge in [-0.15, -0.1) is 0 Å². The van der Waals surface area contributed by atoms with Gasteiger partial charge < -0.3 is 4.74 Å². The van der Waals surface area contributed by atoms with Crippen LogP contribution in [0.1, 0.15) is 55.5 Å². The van der Waals surface area contributed by atoms with Crippen LogP contribution in [0.4, 0.5) is 0 Å². The third-order valence-electron chi connectivity index (χ3n) is 5.42. The standard InChI is InChI=1S/C17H26O/c1-9-10(2)12(4)16-15(11(9)3)17(7,8)13(5)14(6)18-16/h13-14H,1-8H3. The summed E-state index contributed by atoms with van der Waals surface area (Å²) in [5.74, 6) is 1.68. The van der Waals surface area contributed by atoms with E-state index in [-0.39, 0.29) is 11.5 Å². The van der Waals surface area contributed by atoms with Crippen molar-refractivity contribution in [2.24, 2.45) is 5.92 Å². The molecule has 0 bridgehead atoms. The zero-order valence-corrected chi connectivity index (χ0v) is 13.1. The van der Waals surface area contributed by atoms with E-state index in [9.17, 15) is 0 Å². The monoisotopic (exact) mass is 246 g/mol. The van der Waals surface area contributed by atoms with Crippen LogP contribution in [0.5, 0.6) is 5.75 Å². The van der Waals surface area contributed by atoms with Crippen LogP contribution in [0.15, 0.2) is 0 Å². The third-order valence-corrected chi connectivity index (χ3v) is 5.42. The molecule has 100 valence electrons. The maximum absolute atomic E-state index is 6.23. The molecule has 1 aromatic rings. The lowest BCUT2D eigenvalue weighted by Crippen LogP contribution is -2.42. The van der Waals surface area contributed by atoms with Crippen LogP contribution < -0.4 is 4.74 Å². The molecule has 2 rings (SSSR count). The molecule has 1 nitrogen and oxygen atoms in total. The third kappa shape index (κ3) is 1.60. The molecule has 2 unspecified atom stereocenters. The molecule has 0 saturated carbocycles. The van der Waals surface area contributed by atoms with E-state index in [1.165, 1.54) is 27.8 Å². The maximum atomic E-state index is 6.23. The van der Waals surface area contributed by atoms with Gasteiger partial charge in [0, 0.05) is 11.5 Å². The van der Waals surface area contributed by atoms with Gasteiger partial charge in [-0.2, -0.15) is 0 Å². The molecule has 0 amide bonds. The number of fused-ring (bicyclic) bond motifs is 1. The van der Waals surface area contributed by atoms with E-state index in [2.05, 4.69) is 55.4 Å². The molecule has 0 aliphatic carbocycles. The Morgan fingerprint density at radius 3 is 1.89 bits per heavy atom. The fraction of sp³-hybridized carbons (Fsp3) is 0.647. The quantitative estimate of drug-likeness (QED) is 0.649. The first-order valence-electron chi connectivity index (χ1n) is 6.97. The summed E-state index contributed by atoms with van der Waals surface area (Å²) in [5.41, 5.74) is 7.14. The van der Waals surface area contributed by atoms with Crippen molar-refractivity contribution < 1.29 is 4.74 Å². The molecule has 0 spiro atoms. The Labute approximate surface area is 112 Å². The molecule has 0 aromatic heterocycles. The van der Waals surface area contributed by atoms with Gasteiger partial charge in [0.25, 0.3) is 0 Å². The lowest BCUT2D eigenvalue weighted by atomic mass is 9.67. The molecule has 0 saturated heterocycles. The molecule has 2 atom stereocenters. The van der Waals surface area contributed by atoms with Crippen molar-refractivity contribution >= 4 is 0 Å². The minimum absolute atomic E-state index is 0.181. The highest BCUT2D eigenvalue weighted by Gasteiger charge is 2.41. The van der Waals surface area contributed by atoms with Crippen molar-refractivity contribution in [2.75, 3.05) is 0 Å². The normalized spacial score (nSPS) is 25.6. The van der Waals surface area contributed by atoms with E-state index in [0.29, 0.717) is 5.92 Å². The zero-order valence-electron chi connectivity index (χ0n) is 13.1. The second kappa shape index (κ2) is 4.01. The highest BCUT2D eigenvalue weighted by atomic mass is 16.5. The van der Waals surface area contributed by atoms with Crippen molar-refractivity contribution in [3.05, 3.63) is 27.8 Å². The Hall–Kier alpha value is -0.980. The summed E-state index contributed by atoms with van der Waals surface area (Å²) >= 11 is 0. The topological polar surface area (TPSA) is 9.23 Å². The molecule has 0 fully saturated rings. The van der Waals surface area contributed by atoms with Gasteiger partial charge >= 0.3 is 0 Å². The average Bonchev–Trinajstić information content (AvgIpc) is 2.30. The second-order valence-corrected chi connectivity index (χ2v) is 6.54. The Balaban J connectivity index is 2.82. The van der Waals surface area contributed by atoms with Crippen molar-refractivity contribution in [1.82, 2.24) is 0 Å². The maximum Gasteiger partial charge on any atom is 0.126 e. The summed E-state index contributed by atoms with van der Waals surface area (Å²) in [4.78, 5) is 0. The van der Waals surface area contributed by atoms with Crippen LogP contribution in [-0.4, -0.2) is 6.10 Å². The molecule has 1 heterocycles. The van der Waals surface area contributed by atoms with E-state index >= 15 is 0 Å². The molecule has 1 aliphatic heterocycles. The lowest BCUT2D eigenvalue weighted by molar-refractivity contribution is 0.0840. The van der Waals surface area contributed by atoms with Crippen molar-refractivity contribution in [2.45, 2.75) is 66.9 Å². The lowest BCUT2D eigenvalue weighted by Gasteiger charge is -2.44. The Bertz CT molecular complexity index is 497. The second-order valence-electron chi connectivity index (χ2n) is 6.54. The van der Waals surface area contributed by atoms with Gasteiger partial charge in [-0.3, -0.25) is 0 Å². The fourth-order valence-corrected chi connectivity index (χ4v) is 3.30. The molecule has 0 N–H and O–H groups in total. The van der Waals surface area contributed by atoms with E-state index in [0.717, 1.165) is 5.75 Å². The van der Waals surface area contributed by atoms with Crippen molar-refractivity contribution in [3.63, 3.8) is 0 Å². The van der Waals surface area contributed by atoms with Gasteiger partial charge in [0.1, 0.15) is 5.75 Å². The summed E-state index contributed by atoms with van der Waals surface area (Å²) < 4.78 is 6.23. The molecule has 1 heteroatoms. The minimum Gasteiger partial charge on any atom is -0.490 e. The first-order chi connectivity index (χ1) is 8.19. The number of hydrogen-bond donors (Lipinski definition) is 0. The van der Waals surface area contributed by atoms with Crippen LogP contribution in [0.3, 0.4) is 0 Å². The molecule has 1 aromatic carbocycles. The van der Waals surface area contributed by atoms with E-state index in [1.54, 1.807) is 0 Å². The SMILES string of the molecule is Cc1c(C)c(C)c2c(c1C)OC(C)C(C)C2(C)C. The fourth-order valence-electron chi connectivity index (χ4n) is 3.30. The minimum atomic E-state index is 0.181. The number of rotatable bonds is 0. The van der Waals surface area contributed by atoms with Gasteiger partial charge in [0.05, 0.1) is 6.10 Å². The molecule has 1 aliphatic rings. The van der Waals surface area contributed by atoms with Crippen LogP contribution in [0.25, 0.3) is 0 Å². The van der Waals surface area contributed by atoms with Gasteiger partial charge in [-0.1, -0.05) is 20.8 Å². The predicted molar refractivity (Wildman–Crippen MR) is 77.7 cm³/mol. The Kier molecular flexibility index (Phi) is 3.00. The summed E-state index contributed by atoms with van der Waals surface area (Å²) in [7, 11) is 0. The van der Waals surface area contributed by atoms with Gasteiger partial charge in [0.2, 0.25) is 0 Å². The van der Waals surface area contributed by atoms with Crippen LogP contribution in [0, 0.1) is 33.6 Å². The Morgan fingerprint density at radius 1 is 0.833 bits per heavy atom. The molecular weight excluding hydrogens is 220 g/mol. The van der Waals surface area contributed by atoms with Crippen LogP contribution >= 0.6 is 0 Å². The zero-order chi connectivity index (χ0) is 13.8. The van der Waals surface area contributed by atoms with E-state index in [4.69, 9.17) is 4.74 Å². The van der Waals surface area contributed by atoms with Crippen molar-refractivity contribution in [3.8, 4) is 5.75 Å². The van der Waals surface area contributed by atoms with Crippen LogP contribution in [-0.2, 0) is 5.41 Å². The first kappa shape index (κ1) is 13.5. The van der Waals surface area contributed by atoms with Crippen molar-refractivity contribution in [1.29, 1.82) is 0 Å². The molecular formula is C17H26O. The Morgan fingerprint density at radius 2 is 1.33 bits per heavy atom. The van der Waals surface area contributed by atoms with Crippen LogP contribution in [0.2, 0.25) is 0 Å². The first-order valence-corrected chi connectivity index (χ1v) is 6.97. The van der Waals surface area contributed by atoms with Gasteiger partial charge in [0.15, 0.2) is 0 Å². The largest absolute Gasteiger partial charge is 0.490 e. The summed E-state index contributed by atoms with van der Waals surface area (Å²) in [6, 6.07) is 0. The smallest absolute Gasteiger partial charge is 0.126 e. The highest BCUT2D eigenvalue weighted by Crippen LogP contribution is 2.48. The predicted octanol–water partition coefficient (Wildman–Crippen LogP) is 4.61. The highest BCUT2D eigenvalue weighted by molar-refractivity contribution is 5.58. The van der Waals surface area contributed by atoms with E-state index < -0.39 is 0 Å².